The molecule has 0 fully saturated rings. The monoisotopic (exact) mass is 591 g/mol. The molecule has 3 aromatic heterocycles. The highest BCUT2D eigenvalue weighted by atomic mass is 16.4. The maximum atomic E-state index is 6.53. The second-order valence-electron chi connectivity index (χ2n) is 11.2. The van der Waals surface area contributed by atoms with Crippen molar-refractivity contribution in [3.8, 4) is 56.5 Å². The van der Waals surface area contributed by atoms with Crippen molar-refractivity contribution in [3.63, 3.8) is 0 Å². The Morgan fingerprint density at radius 3 is 1.76 bits per heavy atom. The first-order valence-electron chi connectivity index (χ1n) is 15.2. The number of benzene rings is 6. The third kappa shape index (κ3) is 4.45. The zero-order valence-electron chi connectivity index (χ0n) is 24.6. The third-order valence-corrected chi connectivity index (χ3v) is 8.37. The van der Waals surface area contributed by atoms with E-state index in [4.69, 9.17) is 23.8 Å². The van der Waals surface area contributed by atoms with Gasteiger partial charge in [-0.2, -0.15) is 0 Å². The van der Waals surface area contributed by atoms with Crippen LogP contribution < -0.4 is 0 Å². The molecule has 0 N–H and O–H groups in total. The Kier molecular flexibility index (Phi) is 6.06. The van der Waals surface area contributed by atoms with Crippen LogP contribution in [0, 0.1) is 0 Å². The second-order valence-corrected chi connectivity index (χ2v) is 11.2. The molecule has 0 radical (unpaired) electrons. The molecule has 0 aliphatic heterocycles. The first-order chi connectivity index (χ1) is 22.8. The summed E-state index contributed by atoms with van der Waals surface area (Å²) in [6.07, 6.45) is 0. The smallest absolute Gasteiger partial charge is 0.231 e. The van der Waals surface area contributed by atoms with Gasteiger partial charge < -0.3 is 8.83 Å². The van der Waals surface area contributed by atoms with Gasteiger partial charge in [-0.25, -0.2) is 15.0 Å². The van der Waals surface area contributed by atoms with Crippen LogP contribution in [0.4, 0.5) is 0 Å². The Morgan fingerprint density at radius 2 is 1.00 bits per heavy atom. The molecule has 0 unspecified atom stereocenters. The Labute approximate surface area is 264 Å². The lowest BCUT2D eigenvalue weighted by Crippen LogP contribution is -1.96. The van der Waals surface area contributed by atoms with E-state index >= 15 is 0 Å². The minimum atomic E-state index is 0.524. The summed E-state index contributed by atoms with van der Waals surface area (Å²) in [6.45, 7) is 0. The molecule has 46 heavy (non-hydrogen) atoms. The number of aromatic nitrogens is 3. The number of hydrogen-bond donors (Lipinski definition) is 0. The largest absolute Gasteiger partial charge is 0.455 e. The maximum Gasteiger partial charge on any atom is 0.231 e. The highest BCUT2D eigenvalue weighted by Gasteiger charge is 2.20. The summed E-state index contributed by atoms with van der Waals surface area (Å²) in [6, 6.07) is 51.1. The zero-order valence-corrected chi connectivity index (χ0v) is 24.6. The summed E-state index contributed by atoms with van der Waals surface area (Å²) in [4.78, 5) is 15.0. The van der Waals surface area contributed by atoms with Crippen molar-refractivity contribution < 1.29 is 8.83 Å². The van der Waals surface area contributed by atoms with E-state index in [0.29, 0.717) is 17.3 Å². The molecule has 3 heterocycles. The lowest BCUT2D eigenvalue weighted by Gasteiger charge is -2.11. The molecule has 5 nitrogen and oxygen atoms in total. The minimum Gasteiger partial charge on any atom is -0.455 e. The van der Waals surface area contributed by atoms with Gasteiger partial charge in [0.15, 0.2) is 11.4 Å². The summed E-state index contributed by atoms with van der Waals surface area (Å²) in [5.74, 6) is 1.15. The molecule has 0 amide bonds. The van der Waals surface area contributed by atoms with Crippen LogP contribution in [-0.2, 0) is 0 Å². The summed E-state index contributed by atoms with van der Waals surface area (Å²) >= 11 is 0. The van der Waals surface area contributed by atoms with Gasteiger partial charge >= 0.3 is 0 Å². The van der Waals surface area contributed by atoms with Crippen molar-refractivity contribution in [1.82, 2.24) is 15.0 Å². The number of para-hydroxylation sites is 3. The van der Waals surface area contributed by atoms with Gasteiger partial charge in [-0.15, -0.1) is 0 Å². The molecule has 0 saturated carbocycles. The average Bonchev–Trinajstić information content (AvgIpc) is 3.74. The van der Waals surface area contributed by atoms with E-state index < -0.39 is 0 Å². The van der Waals surface area contributed by atoms with E-state index in [9.17, 15) is 0 Å². The Bertz CT molecular complexity index is 2480. The summed E-state index contributed by atoms with van der Waals surface area (Å²) in [7, 11) is 0. The van der Waals surface area contributed by atoms with Gasteiger partial charge in [0.05, 0.1) is 17.0 Å². The van der Waals surface area contributed by atoms with E-state index in [0.717, 1.165) is 66.7 Å². The molecule has 6 aromatic carbocycles. The maximum absolute atomic E-state index is 6.53. The first-order valence-corrected chi connectivity index (χ1v) is 15.2. The fourth-order valence-corrected chi connectivity index (χ4v) is 6.13. The van der Waals surface area contributed by atoms with Crippen LogP contribution in [0.15, 0.2) is 160 Å². The lowest BCUT2D eigenvalue weighted by atomic mass is 10.0. The van der Waals surface area contributed by atoms with Crippen molar-refractivity contribution in [2.75, 3.05) is 0 Å². The minimum absolute atomic E-state index is 0.524. The number of nitrogens with zero attached hydrogens (tertiary/aromatic N) is 3. The normalized spacial score (nSPS) is 11.5. The van der Waals surface area contributed by atoms with E-state index in [2.05, 4.69) is 78.9 Å². The molecule has 9 rings (SSSR count). The molecule has 9 aromatic rings. The fourth-order valence-electron chi connectivity index (χ4n) is 6.13. The topological polar surface area (TPSA) is 65.0 Å². The molecule has 0 saturated heterocycles. The molecule has 5 heteroatoms. The molecular weight excluding hydrogens is 566 g/mol. The van der Waals surface area contributed by atoms with Gasteiger partial charge in [-0.1, -0.05) is 121 Å². The first kappa shape index (κ1) is 26.1. The van der Waals surface area contributed by atoms with Gasteiger partial charge in [0.25, 0.3) is 0 Å². The van der Waals surface area contributed by atoms with Crippen LogP contribution >= 0.6 is 0 Å². The summed E-state index contributed by atoms with van der Waals surface area (Å²) in [5, 5.41) is 1.90. The third-order valence-electron chi connectivity index (χ3n) is 8.37. The average molecular weight is 592 g/mol. The highest BCUT2D eigenvalue weighted by molar-refractivity contribution is 6.14. The van der Waals surface area contributed by atoms with Crippen LogP contribution in [-0.4, -0.2) is 15.0 Å². The summed E-state index contributed by atoms with van der Waals surface area (Å²) < 4.78 is 12.7. The quantitative estimate of drug-likeness (QED) is 0.199. The van der Waals surface area contributed by atoms with Crippen molar-refractivity contribution in [1.29, 1.82) is 0 Å². The van der Waals surface area contributed by atoms with Crippen LogP contribution in [0.3, 0.4) is 0 Å². The number of oxazole rings is 1. The highest BCUT2D eigenvalue weighted by Crippen LogP contribution is 2.41. The Hall–Kier alpha value is -6.33. The lowest BCUT2D eigenvalue weighted by molar-refractivity contribution is 0.615. The molecule has 0 spiro atoms. The van der Waals surface area contributed by atoms with Crippen LogP contribution in [0.2, 0.25) is 0 Å². The SMILES string of the molecule is c1ccc(-c2ccc(-c3cc(-c4ccccc4)nc(-c4cccc5oc6c(-c7nc8ccccc8o7)cccc6c45)n3)cc2)cc1. The Balaban J connectivity index is 1.23. The second kappa shape index (κ2) is 10.7. The number of hydrogen-bond acceptors (Lipinski definition) is 5. The standard InChI is InChI=1S/C41H25N3O2/c1-3-11-26(12-4-1)27-21-23-29(24-22-27)35-25-34(28-13-5-2-6-14-28)42-40(43-35)31-16-10-20-37-38(31)30-15-9-17-32(39(30)45-37)41-44-33-18-7-8-19-36(33)46-41/h1-25H. The predicted molar refractivity (Wildman–Crippen MR) is 184 cm³/mol. The van der Waals surface area contributed by atoms with Gasteiger partial charge in [0.2, 0.25) is 5.89 Å². The predicted octanol–water partition coefficient (Wildman–Crippen LogP) is 10.9. The molecule has 0 atom stereocenters. The summed E-state index contributed by atoms with van der Waals surface area (Å²) in [5.41, 5.74) is 10.8. The molecular formula is C41H25N3O2. The van der Waals surface area contributed by atoms with Crippen LogP contribution in [0.25, 0.3) is 89.5 Å². The number of fused-ring (bicyclic) bond motifs is 4. The molecule has 0 aliphatic rings. The van der Waals surface area contributed by atoms with Crippen LogP contribution in [0.5, 0.6) is 0 Å². The van der Waals surface area contributed by atoms with E-state index in [1.54, 1.807) is 0 Å². The Morgan fingerprint density at radius 1 is 0.413 bits per heavy atom. The van der Waals surface area contributed by atoms with Crippen molar-refractivity contribution in [2.45, 2.75) is 0 Å². The van der Waals surface area contributed by atoms with Crippen molar-refractivity contribution in [2.24, 2.45) is 0 Å². The van der Waals surface area contributed by atoms with Gasteiger partial charge in [-0.3, -0.25) is 0 Å². The van der Waals surface area contributed by atoms with E-state index in [1.165, 1.54) is 5.56 Å². The van der Waals surface area contributed by atoms with Crippen LogP contribution in [0.1, 0.15) is 0 Å². The number of rotatable bonds is 5. The molecule has 216 valence electrons. The van der Waals surface area contributed by atoms with Gasteiger partial charge in [-0.05, 0) is 41.5 Å². The molecule has 0 bridgehead atoms. The van der Waals surface area contributed by atoms with Crippen molar-refractivity contribution in [3.05, 3.63) is 152 Å². The van der Waals surface area contributed by atoms with E-state index in [-0.39, 0.29) is 0 Å². The number of furan rings is 1. The fraction of sp³-hybridized carbons (Fsp3) is 0. The van der Waals surface area contributed by atoms with Gasteiger partial charge in [0, 0.05) is 27.5 Å². The van der Waals surface area contributed by atoms with Crippen molar-refractivity contribution >= 4 is 33.0 Å². The zero-order chi connectivity index (χ0) is 30.5. The van der Waals surface area contributed by atoms with Gasteiger partial charge in [0.1, 0.15) is 16.7 Å². The molecule has 0 aliphatic carbocycles. The van der Waals surface area contributed by atoms with E-state index in [1.807, 2.05) is 72.8 Å².